The first-order valence-corrected chi connectivity index (χ1v) is 8.44. The molecule has 7 heteroatoms. The molecule has 0 radical (unpaired) electrons. The van der Waals surface area contributed by atoms with E-state index in [0.717, 1.165) is 16.6 Å². The van der Waals surface area contributed by atoms with Gasteiger partial charge in [0.1, 0.15) is 23.2 Å². The molecule has 0 aliphatic carbocycles. The molecule has 1 aliphatic rings. The number of nitrogens with one attached hydrogen (secondary N) is 2. The van der Waals surface area contributed by atoms with Gasteiger partial charge in [-0.05, 0) is 42.8 Å². The molecule has 0 atom stereocenters. The number of rotatable bonds is 3. The quantitative estimate of drug-likeness (QED) is 0.643. The van der Waals surface area contributed by atoms with Gasteiger partial charge >= 0.3 is 0 Å². The van der Waals surface area contributed by atoms with Crippen molar-refractivity contribution in [2.45, 2.75) is 6.92 Å². The molecule has 6 nitrogen and oxygen atoms in total. The van der Waals surface area contributed by atoms with E-state index in [2.05, 4.69) is 9.97 Å². The summed E-state index contributed by atoms with van der Waals surface area (Å²) in [7, 11) is 1.56. The van der Waals surface area contributed by atoms with Crippen LogP contribution in [0.15, 0.2) is 42.2 Å². The van der Waals surface area contributed by atoms with Crippen LogP contribution in [-0.4, -0.2) is 34.6 Å². The number of ether oxygens (including phenoxy) is 1. The first kappa shape index (κ1) is 16.5. The molecule has 0 unspecified atom stereocenters. The third-order valence-corrected chi connectivity index (χ3v) is 4.64. The summed E-state index contributed by atoms with van der Waals surface area (Å²) >= 11 is 6.11. The lowest BCUT2D eigenvalue weighted by atomic mass is 10.2. The molecule has 4 rings (SSSR count). The smallest absolute Gasteiger partial charge is 0.145 e. The predicted octanol–water partition coefficient (Wildman–Crippen LogP) is 4.30. The van der Waals surface area contributed by atoms with Crippen molar-refractivity contribution in [3.8, 4) is 5.75 Å². The molecule has 2 heterocycles. The van der Waals surface area contributed by atoms with Crippen LogP contribution < -0.4 is 9.64 Å². The summed E-state index contributed by atoms with van der Waals surface area (Å²) in [5.74, 6) is 1.26. The van der Waals surface area contributed by atoms with Gasteiger partial charge in [-0.2, -0.15) is 0 Å². The Morgan fingerprint density at radius 3 is 2.85 bits per heavy atom. The minimum atomic E-state index is 0.0767. The Morgan fingerprint density at radius 2 is 2.08 bits per heavy atom. The van der Waals surface area contributed by atoms with Gasteiger partial charge in [0.15, 0.2) is 0 Å². The molecule has 3 aromatic rings. The van der Waals surface area contributed by atoms with E-state index in [1.807, 2.05) is 25.1 Å². The van der Waals surface area contributed by atoms with Crippen LogP contribution in [0.5, 0.6) is 5.75 Å². The van der Waals surface area contributed by atoms with E-state index in [1.165, 1.54) is 0 Å². The number of aryl methyl sites for hydroxylation is 1. The first-order chi connectivity index (χ1) is 12.5. The highest BCUT2D eigenvalue weighted by Gasteiger charge is 2.32. The van der Waals surface area contributed by atoms with Crippen LogP contribution in [0.25, 0.3) is 16.6 Å². The van der Waals surface area contributed by atoms with Crippen LogP contribution in [0.3, 0.4) is 0 Å². The minimum absolute atomic E-state index is 0.0767. The number of hydrogen-bond acceptors (Lipinski definition) is 4. The standard InChI is InChI=1S/C19H17ClN4O2/c1-10-3-5-12-13(7-10)23-19(22-12)17-15(25)9-24(18(17)21)14-8-11(20)4-6-16(14)26-2/h3-8,21,25H,9H2,1-2H3,(H,22,23). The number of aliphatic hydroxyl groups excluding tert-OH is 1. The maximum atomic E-state index is 10.5. The van der Waals surface area contributed by atoms with Crippen molar-refractivity contribution < 1.29 is 9.84 Å². The molecule has 1 aliphatic heterocycles. The van der Waals surface area contributed by atoms with E-state index in [4.69, 9.17) is 21.7 Å². The normalized spacial score (nSPS) is 14.6. The average Bonchev–Trinajstić information content (AvgIpc) is 3.14. The van der Waals surface area contributed by atoms with E-state index in [9.17, 15) is 5.11 Å². The van der Waals surface area contributed by atoms with E-state index < -0.39 is 0 Å². The number of benzene rings is 2. The monoisotopic (exact) mass is 368 g/mol. The summed E-state index contributed by atoms with van der Waals surface area (Å²) in [6, 6.07) is 11.1. The molecular weight excluding hydrogens is 352 g/mol. The maximum absolute atomic E-state index is 10.5. The number of methoxy groups -OCH3 is 1. The van der Waals surface area contributed by atoms with Gasteiger partial charge in [0.2, 0.25) is 0 Å². The third kappa shape index (κ3) is 2.59. The zero-order valence-electron chi connectivity index (χ0n) is 14.3. The zero-order chi connectivity index (χ0) is 18.4. The second-order valence-corrected chi connectivity index (χ2v) is 6.62. The van der Waals surface area contributed by atoms with Gasteiger partial charge in [-0.1, -0.05) is 17.7 Å². The molecule has 0 saturated carbocycles. The zero-order valence-corrected chi connectivity index (χ0v) is 15.1. The number of halogens is 1. The van der Waals surface area contributed by atoms with Crippen molar-refractivity contribution in [2.75, 3.05) is 18.6 Å². The van der Waals surface area contributed by atoms with Crippen LogP contribution in [-0.2, 0) is 0 Å². The fourth-order valence-electron chi connectivity index (χ4n) is 3.15. The number of aliphatic hydroxyl groups is 1. The maximum Gasteiger partial charge on any atom is 0.145 e. The van der Waals surface area contributed by atoms with Crippen LogP contribution in [0.2, 0.25) is 5.02 Å². The number of nitrogens with zero attached hydrogens (tertiary/aromatic N) is 2. The molecule has 0 fully saturated rings. The van der Waals surface area contributed by atoms with Crippen LogP contribution >= 0.6 is 11.6 Å². The molecule has 132 valence electrons. The van der Waals surface area contributed by atoms with Crippen LogP contribution in [0, 0.1) is 12.3 Å². The summed E-state index contributed by atoms with van der Waals surface area (Å²) in [5, 5.41) is 19.6. The Balaban J connectivity index is 1.76. The number of fused-ring (bicyclic) bond motifs is 1. The SMILES string of the molecule is COc1ccc(Cl)cc1N1CC(O)=C(c2nc3ccc(C)cc3[nH]2)C1=N. The Hall–Kier alpha value is -2.99. The Morgan fingerprint density at radius 1 is 1.27 bits per heavy atom. The number of H-pyrrole nitrogens is 1. The lowest BCUT2D eigenvalue weighted by Gasteiger charge is -2.21. The number of anilines is 1. The van der Waals surface area contributed by atoms with Gasteiger partial charge < -0.3 is 19.7 Å². The van der Waals surface area contributed by atoms with Crippen molar-refractivity contribution in [1.29, 1.82) is 5.41 Å². The summed E-state index contributed by atoms with van der Waals surface area (Å²) in [4.78, 5) is 9.37. The van der Waals surface area contributed by atoms with Crippen molar-refractivity contribution >= 4 is 39.7 Å². The number of aromatic nitrogens is 2. The second kappa shape index (κ2) is 6.07. The number of imidazole rings is 1. The molecule has 1 aromatic heterocycles. The fourth-order valence-corrected chi connectivity index (χ4v) is 3.32. The summed E-state index contributed by atoms with van der Waals surface area (Å²) in [6.45, 7) is 2.16. The van der Waals surface area contributed by atoms with Gasteiger partial charge in [-0.3, -0.25) is 5.41 Å². The molecule has 2 aromatic carbocycles. The van der Waals surface area contributed by atoms with Crippen molar-refractivity contribution in [3.05, 3.63) is 58.6 Å². The van der Waals surface area contributed by atoms with Crippen molar-refractivity contribution in [2.24, 2.45) is 0 Å². The fraction of sp³-hybridized carbons (Fsp3) is 0.158. The molecule has 0 bridgehead atoms. The minimum Gasteiger partial charge on any atom is -0.509 e. The van der Waals surface area contributed by atoms with Crippen molar-refractivity contribution in [3.63, 3.8) is 0 Å². The van der Waals surface area contributed by atoms with Crippen LogP contribution in [0.4, 0.5) is 5.69 Å². The molecule has 0 saturated heterocycles. The molecule has 0 spiro atoms. The first-order valence-electron chi connectivity index (χ1n) is 8.07. The Kier molecular flexibility index (Phi) is 3.85. The lowest BCUT2D eigenvalue weighted by molar-refractivity contribution is 0.406. The van der Waals surface area contributed by atoms with E-state index in [1.54, 1.807) is 30.2 Å². The van der Waals surface area contributed by atoms with Crippen molar-refractivity contribution in [1.82, 2.24) is 9.97 Å². The third-order valence-electron chi connectivity index (χ3n) is 4.41. The molecular formula is C19H17ClN4O2. The second-order valence-electron chi connectivity index (χ2n) is 6.18. The highest BCUT2D eigenvalue weighted by atomic mass is 35.5. The van der Waals surface area contributed by atoms with E-state index in [0.29, 0.717) is 27.9 Å². The highest BCUT2D eigenvalue weighted by molar-refractivity contribution is 6.32. The summed E-state index contributed by atoms with van der Waals surface area (Å²) < 4.78 is 5.38. The number of aromatic amines is 1. The molecule has 26 heavy (non-hydrogen) atoms. The molecule has 3 N–H and O–H groups in total. The van der Waals surface area contributed by atoms with Gasteiger partial charge in [-0.15, -0.1) is 0 Å². The van der Waals surface area contributed by atoms with Gasteiger partial charge in [0.05, 0.1) is 35.9 Å². The van der Waals surface area contributed by atoms with Gasteiger partial charge in [-0.25, -0.2) is 4.98 Å². The summed E-state index contributed by atoms with van der Waals surface area (Å²) in [6.07, 6.45) is 0. The van der Waals surface area contributed by atoms with E-state index >= 15 is 0 Å². The molecule has 0 amide bonds. The topological polar surface area (TPSA) is 85.2 Å². The number of amidine groups is 1. The average molecular weight is 369 g/mol. The summed E-state index contributed by atoms with van der Waals surface area (Å²) in [5.41, 5.74) is 3.77. The number of hydrogen-bond donors (Lipinski definition) is 3. The van der Waals surface area contributed by atoms with Crippen LogP contribution in [0.1, 0.15) is 11.4 Å². The lowest BCUT2D eigenvalue weighted by Crippen LogP contribution is -2.26. The van der Waals surface area contributed by atoms with Gasteiger partial charge in [0, 0.05) is 5.02 Å². The predicted molar refractivity (Wildman–Crippen MR) is 103 cm³/mol. The van der Waals surface area contributed by atoms with Gasteiger partial charge in [0.25, 0.3) is 0 Å². The van der Waals surface area contributed by atoms with E-state index in [-0.39, 0.29) is 18.1 Å². The Labute approximate surface area is 155 Å². The Bertz CT molecular complexity index is 1070. The highest BCUT2D eigenvalue weighted by Crippen LogP contribution is 2.37. The largest absolute Gasteiger partial charge is 0.509 e.